The highest BCUT2D eigenvalue weighted by molar-refractivity contribution is 7.08. The van der Waals surface area contributed by atoms with Crippen LogP contribution in [0.3, 0.4) is 0 Å². The van der Waals surface area contributed by atoms with Gasteiger partial charge in [0.15, 0.2) is 0 Å². The van der Waals surface area contributed by atoms with Crippen LogP contribution in [0.4, 0.5) is 5.95 Å². The Kier molecular flexibility index (Phi) is 5.57. The van der Waals surface area contributed by atoms with Gasteiger partial charge in [0.1, 0.15) is 0 Å². The number of hydrogen-bond donors (Lipinski definition) is 2. The molecule has 0 atom stereocenters. The average molecular weight is 387 g/mol. The van der Waals surface area contributed by atoms with Crippen molar-refractivity contribution in [3.63, 3.8) is 0 Å². The number of thiophene rings is 1. The Morgan fingerprint density at radius 3 is 2.67 bits per heavy atom. The lowest BCUT2D eigenvalue weighted by atomic mass is 9.87. The number of amides is 1. The third kappa shape index (κ3) is 4.40. The van der Waals surface area contributed by atoms with Crippen LogP contribution in [0.5, 0.6) is 0 Å². The molecule has 1 aliphatic heterocycles. The zero-order valence-electron chi connectivity index (χ0n) is 15.4. The van der Waals surface area contributed by atoms with E-state index in [2.05, 4.69) is 15.3 Å². The van der Waals surface area contributed by atoms with Crippen LogP contribution in [-0.2, 0) is 4.79 Å². The van der Waals surface area contributed by atoms with E-state index >= 15 is 0 Å². The molecule has 2 aliphatic rings. The normalized spacial score (nSPS) is 19.2. The summed E-state index contributed by atoms with van der Waals surface area (Å²) in [4.78, 5) is 34.0. The van der Waals surface area contributed by atoms with E-state index in [0.29, 0.717) is 17.5 Å². The molecule has 2 fully saturated rings. The van der Waals surface area contributed by atoms with Gasteiger partial charge in [0.2, 0.25) is 11.9 Å². The number of rotatable bonds is 4. The van der Waals surface area contributed by atoms with Crippen molar-refractivity contribution in [2.24, 2.45) is 5.92 Å². The van der Waals surface area contributed by atoms with Crippen LogP contribution in [0.15, 0.2) is 27.7 Å². The Morgan fingerprint density at radius 2 is 1.96 bits per heavy atom. The molecule has 1 saturated heterocycles. The van der Waals surface area contributed by atoms with Gasteiger partial charge < -0.3 is 10.2 Å². The fourth-order valence-electron chi connectivity index (χ4n) is 4.13. The topological polar surface area (TPSA) is 78.1 Å². The lowest BCUT2D eigenvalue weighted by Crippen LogP contribution is -2.45. The molecule has 0 spiro atoms. The summed E-state index contributed by atoms with van der Waals surface area (Å²) in [6.45, 7) is 1.56. The predicted octanol–water partition coefficient (Wildman–Crippen LogP) is 3.48. The molecular weight excluding hydrogens is 360 g/mol. The quantitative estimate of drug-likeness (QED) is 0.843. The Morgan fingerprint density at radius 1 is 1.19 bits per heavy atom. The molecule has 0 unspecified atom stereocenters. The van der Waals surface area contributed by atoms with Crippen LogP contribution in [-0.4, -0.2) is 39.9 Å². The van der Waals surface area contributed by atoms with E-state index in [1.807, 2.05) is 21.7 Å². The van der Waals surface area contributed by atoms with Crippen molar-refractivity contribution in [1.82, 2.24) is 14.9 Å². The summed E-state index contributed by atoms with van der Waals surface area (Å²) in [5.74, 6) is 1.10. The Bertz CT molecular complexity index is 819. The van der Waals surface area contributed by atoms with Crippen molar-refractivity contribution in [3.8, 4) is 11.3 Å². The first-order valence-electron chi connectivity index (χ1n) is 9.88. The van der Waals surface area contributed by atoms with Gasteiger partial charge >= 0.3 is 0 Å². The van der Waals surface area contributed by atoms with Crippen LogP contribution in [0.2, 0.25) is 0 Å². The molecule has 0 bridgehead atoms. The smallest absolute Gasteiger partial charge is 0.252 e. The van der Waals surface area contributed by atoms with Crippen LogP contribution < -0.4 is 10.9 Å². The minimum absolute atomic E-state index is 0.154. The second-order valence-corrected chi connectivity index (χ2v) is 8.35. The first kappa shape index (κ1) is 18.2. The molecule has 2 N–H and O–H groups in total. The number of carbonyl (C=O) groups is 1. The molecule has 2 aromatic heterocycles. The van der Waals surface area contributed by atoms with E-state index < -0.39 is 0 Å². The first-order chi connectivity index (χ1) is 13.2. The fraction of sp³-hybridized carbons (Fsp3) is 0.550. The maximum atomic E-state index is 12.7. The molecule has 27 heavy (non-hydrogen) atoms. The van der Waals surface area contributed by atoms with Gasteiger partial charge in [-0.3, -0.25) is 14.6 Å². The van der Waals surface area contributed by atoms with Gasteiger partial charge in [0.25, 0.3) is 5.56 Å². The maximum absolute atomic E-state index is 12.7. The largest absolute Gasteiger partial charge is 0.353 e. The van der Waals surface area contributed by atoms with Crippen molar-refractivity contribution in [2.45, 2.75) is 51.0 Å². The third-order valence-electron chi connectivity index (χ3n) is 5.66. The summed E-state index contributed by atoms with van der Waals surface area (Å²) in [5.41, 5.74) is 1.49. The number of aromatic nitrogens is 2. The van der Waals surface area contributed by atoms with Crippen LogP contribution in [0.25, 0.3) is 11.3 Å². The summed E-state index contributed by atoms with van der Waals surface area (Å²) in [6.07, 6.45) is 7.51. The highest BCUT2D eigenvalue weighted by Gasteiger charge is 2.29. The number of hydrogen-bond acceptors (Lipinski definition) is 5. The second-order valence-electron chi connectivity index (χ2n) is 7.57. The Balaban J connectivity index is 1.35. The van der Waals surface area contributed by atoms with E-state index in [1.54, 1.807) is 11.3 Å². The average Bonchev–Trinajstić information content (AvgIpc) is 3.23. The predicted molar refractivity (Wildman–Crippen MR) is 108 cm³/mol. The summed E-state index contributed by atoms with van der Waals surface area (Å²) >= 11 is 1.59. The molecular formula is C20H26N4O2S. The van der Waals surface area contributed by atoms with Crippen molar-refractivity contribution in [2.75, 3.05) is 18.4 Å². The molecule has 1 saturated carbocycles. The van der Waals surface area contributed by atoms with Crippen LogP contribution >= 0.6 is 11.3 Å². The Hall–Kier alpha value is -2.15. The number of piperidine rings is 1. The zero-order chi connectivity index (χ0) is 18.6. The SMILES string of the molecule is O=C(C1CCCCC1)N1CCC(Nc2nc(-c3ccsc3)cc(=O)[nH]2)CC1. The van der Waals surface area contributed by atoms with Gasteiger partial charge in [-0.1, -0.05) is 19.3 Å². The van der Waals surface area contributed by atoms with Gasteiger partial charge in [-0.2, -0.15) is 11.3 Å². The number of nitrogens with one attached hydrogen (secondary N) is 2. The van der Waals surface area contributed by atoms with Crippen LogP contribution in [0, 0.1) is 5.92 Å². The van der Waals surface area contributed by atoms with Gasteiger partial charge in [-0.05, 0) is 37.1 Å². The van der Waals surface area contributed by atoms with E-state index in [0.717, 1.165) is 44.3 Å². The van der Waals surface area contributed by atoms with Crippen molar-refractivity contribution in [1.29, 1.82) is 0 Å². The molecule has 6 nitrogen and oxygen atoms in total. The summed E-state index contributed by atoms with van der Waals surface area (Å²) < 4.78 is 0. The number of carbonyl (C=O) groups excluding carboxylic acids is 1. The highest BCUT2D eigenvalue weighted by Crippen LogP contribution is 2.27. The second kappa shape index (κ2) is 8.25. The standard InChI is InChI=1S/C20H26N4O2S/c25-18-12-17(15-8-11-27-13-15)22-20(23-18)21-16-6-9-24(10-7-16)19(26)14-4-2-1-3-5-14/h8,11-14,16H,1-7,9-10H2,(H2,21,22,23,25). The van der Waals surface area contributed by atoms with Gasteiger partial charge in [-0.25, -0.2) is 4.98 Å². The van der Waals surface area contributed by atoms with E-state index in [1.165, 1.54) is 25.3 Å². The number of H-pyrrole nitrogens is 1. The zero-order valence-corrected chi connectivity index (χ0v) is 16.3. The lowest BCUT2D eigenvalue weighted by molar-refractivity contribution is -0.137. The lowest BCUT2D eigenvalue weighted by Gasteiger charge is -2.35. The van der Waals surface area contributed by atoms with Crippen molar-refractivity contribution >= 4 is 23.2 Å². The molecule has 144 valence electrons. The molecule has 4 rings (SSSR count). The number of aromatic amines is 1. The molecule has 3 heterocycles. The Labute approximate surface area is 163 Å². The van der Waals surface area contributed by atoms with E-state index in [4.69, 9.17) is 0 Å². The maximum Gasteiger partial charge on any atom is 0.252 e. The number of anilines is 1. The summed E-state index contributed by atoms with van der Waals surface area (Å²) in [7, 11) is 0. The van der Waals surface area contributed by atoms with Gasteiger partial charge in [0.05, 0.1) is 5.69 Å². The summed E-state index contributed by atoms with van der Waals surface area (Å²) in [5, 5.41) is 7.33. The highest BCUT2D eigenvalue weighted by atomic mass is 32.1. The van der Waals surface area contributed by atoms with Crippen molar-refractivity contribution in [3.05, 3.63) is 33.2 Å². The molecule has 1 aliphatic carbocycles. The minimum atomic E-state index is -0.154. The molecule has 0 aromatic carbocycles. The number of nitrogens with zero attached hydrogens (tertiary/aromatic N) is 2. The van der Waals surface area contributed by atoms with Crippen LogP contribution in [0.1, 0.15) is 44.9 Å². The molecule has 2 aromatic rings. The fourth-order valence-corrected chi connectivity index (χ4v) is 4.78. The van der Waals surface area contributed by atoms with E-state index in [9.17, 15) is 9.59 Å². The summed E-state index contributed by atoms with van der Waals surface area (Å²) in [6, 6.07) is 3.71. The van der Waals surface area contributed by atoms with Crippen molar-refractivity contribution < 1.29 is 4.79 Å². The third-order valence-corrected chi connectivity index (χ3v) is 6.34. The van der Waals surface area contributed by atoms with E-state index in [-0.39, 0.29) is 17.5 Å². The minimum Gasteiger partial charge on any atom is -0.353 e. The molecule has 1 amide bonds. The van der Waals surface area contributed by atoms with Gasteiger partial charge in [-0.15, -0.1) is 0 Å². The van der Waals surface area contributed by atoms with Gasteiger partial charge in [0, 0.05) is 42.1 Å². The monoisotopic (exact) mass is 386 g/mol. The molecule has 7 heteroatoms. The first-order valence-corrected chi connectivity index (χ1v) is 10.8. The number of likely N-dealkylation sites (tertiary alicyclic amines) is 1. The molecule has 0 radical (unpaired) electrons.